The first-order valence-corrected chi connectivity index (χ1v) is 5.90. The number of aliphatic imine (C=N–C) groups is 1. The molecule has 6 nitrogen and oxygen atoms in total. The molecule has 0 atom stereocenters. The van der Waals surface area contributed by atoms with Crippen molar-refractivity contribution >= 4 is 29.4 Å². The lowest BCUT2D eigenvalue weighted by Gasteiger charge is -2.12. The highest BCUT2D eigenvalue weighted by Gasteiger charge is 2.13. The third-order valence-electron chi connectivity index (χ3n) is 2.55. The van der Waals surface area contributed by atoms with Crippen LogP contribution < -0.4 is 10.6 Å². The molecule has 0 unspecified atom stereocenters. The minimum Gasteiger partial charge on any atom is -0.323 e. The van der Waals surface area contributed by atoms with Crippen molar-refractivity contribution < 1.29 is 9.59 Å². The largest absolute Gasteiger partial charge is 0.323 e. The average Bonchev–Trinajstić information content (AvgIpc) is 2.41. The molecule has 19 heavy (non-hydrogen) atoms. The van der Waals surface area contributed by atoms with Crippen molar-refractivity contribution in [2.75, 3.05) is 10.6 Å². The molecular formula is C13H14N4O2. The molecule has 0 spiro atoms. The Morgan fingerprint density at radius 2 is 2.11 bits per heavy atom. The summed E-state index contributed by atoms with van der Waals surface area (Å²) >= 11 is 0. The number of nitrogens with zero attached hydrogens (tertiary/aromatic N) is 2. The molecule has 0 aliphatic carbocycles. The minimum atomic E-state index is -0.218. The first kappa shape index (κ1) is 12.9. The highest BCUT2D eigenvalue weighted by Crippen LogP contribution is 2.21. The molecule has 2 N–H and O–H groups in total. The van der Waals surface area contributed by atoms with Gasteiger partial charge in [0.1, 0.15) is 0 Å². The fourth-order valence-corrected chi connectivity index (χ4v) is 1.67. The Labute approximate surface area is 110 Å². The van der Waals surface area contributed by atoms with Gasteiger partial charge in [-0.05, 0) is 18.9 Å². The van der Waals surface area contributed by atoms with Gasteiger partial charge >= 0.3 is 0 Å². The van der Waals surface area contributed by atoms with E-state index < -0.39 is 0 Å². The van der Waals surface area contributed by atoms with Crippen molar-refractivity contribution in [1.82, 2.24) is 4.98 Å². The Morgan fingerprint density at radius 3 is 2.79 bits per heavy atom. The van der Waals surface area contributed by atoms with E-state index in [0.29, 0.717) is 23.4 Å². The summed E-state index contributed by atoms with van der Waals surface area (Å²) in [6, 6.07) is 1.63. The zero-order chi connectivity index (χ0) is 13.7. The van der Waals surface area contributed by atoms with Crippen LogP contribution in [0.4, 0.5) is 11.4 Å². The second-order valence-corrected chi connectivity index (χ2v) is 4.08. The standard InChI is InChI=1S/C13H14N4O2/c1-9(18)16-12-8-15-6-4-11(12)17-13(19)10-3-2-5-14-7-10/h4-8H,2-3H2,1H3,(H,16,18)(H,15,17,19). The van der Waals surface area contributed by atoms with Gasteiger partial charge in [0.05, 0.1) is 17.6 Å². The van der Waals surface area contributed by atoms with E-state index in [1.807, 2.05) is 0 Å². The molecule has 0 fully saturated rings. The van der Waals surface area contributed by atoms with E-state index in [4.69, 9.17) is 0 Å². The van der Waals surface area contributed by atoms with Gasteiger partial charge in [-0.3, -0.25) is 19.6 Å². The number of carbonyl (C=O) groups excluding carboxylic acids is 2. The minimum absolute atomic E-state index is 0.213. The van der Waals surface area contributed by atoms with Crippen LogP contribution in [0.3, 0.4) is 0 Å². The van der Waals surface area contributed by atoms with Crippen LogP contribution in [-0.4, -0.2) is 23.0 Å². The number of pyridine rings is 1. The van der Waals surface area contributed by atoms with Crippen LogP contribution in [0.15, 0.2) is 35.2 Å². The zero-order valence-electron chi connectivity index (χ0n) is 10.5. The maximum Gasteiger partial charge on any atom is 0.253 e. The highest BCUT2D eigenvalue weighted by molar-refractivity contribution is 6.06. The fourth-order valence-electron chi connectivity index (χ4n) is 1.67. The number of amides is 2. The summed E-state index contributed by atoms with van der Waals surface area (Å²) < 4.78 is 0. The Hall–Kier alpha value is -2.50. The van der Waals surface area contributed by atoms with Gasteiger partial charge < -0.3 is 10.6 Å². The monoisotopic (exact) mass is 258 g/mol. The molecule has 2 amide bonds. The van der Waals surface area contributed by atoms with Gasteiger partial charge in [0.25, 0.3) is 5.91 Å². The molecule has 0 bridgehead atoms. The average molecular weight is 258 g/mol. The van der Waals surface area contributed by atoms with Gasteiger partial charge in [-0.15, -0.1) is 0 Å². The zero-order valence-corrected chi connectivity index (χ0v) is 10.5. The molecule has 1 aromatic rings. The first-order valence-electron chi connectivity index (χ1n) is 5.90. The van der Waals surface area contributed by atoms with Crippen LogP contribution in [0.2, 0.25) is 0 Å². The van der Waals surface area contributed by atoms with Gasteiger partial charge in [-0.25, -0.2) is 0 Å². The number of anilines is 2. The molecule has 2 rings (SSSR count). The smallest absolute Gasteiger partial charge is 0.253 e. The number of hydrogen-bond donors (Lipinski definition) is 2. The van der Waals surface area contributed by atoms with Crippen LogP contribution in [0.1, 0.15) is 19.8 Å². The van der Waals surface area contributed by atoms with E-state index in [9.17, 15) is 9.59 Å². The van der Waals surface area contributed by atoms with Crippen molar-refractivity contribution in [3.8, 4) is 0 Å². The molecular weight excluding hydrogens is 244 g/mol. The molecule has 0 radical (unpaired) electrons. The van der Waals surface area contributed by atoms with Crippen molar-refractivity contribution in [3.05, 3.63) is 30.2 Å². The first-order chi connectivity index (χ1) is 9.16. The van der Waals surface area contributed by atoms with Crippen molar-refractivity contribution in [1.29, 1.82) is 0 Å². The summed E-state index contributed by atoms with van der Waals surface area (Å²) in [6.45, 7) is 1.40. The molecule has 1 aromatic heterocycles. The molecule has 1 aliphatic rings. The van der Waals surface area contributed by atoms with Crippen LogP contribution in [-0.2, 0) is 9.59 Å². The van der Waals surface area contributed by atoms with E-state index in [-0.39, 0.29) is 11.8 Å². The van der Waals surface area contributed by atoms with E-state index in [0.717, 1.165) is 6.42 Å². The molecule has 1 aliphatic heterocycles. The van der Waals surface area contributed by atoms with E-state index in [1.54, 1.807) is 24.7 Å². The third kappa shape index (κ3) is 3.48. The Morgan fingerprint density at radius 1 is 1.26 bits per heavy atom. The number of carbonyl (C=O) groups is 2. The molecule has 6 heteroatoms. The van der Waals surface area contributed by atoms with E-state index in [1.165, 1.54) is 13.1 Å². The molecule has 0 saturated carbocycles. The van der Waals surface area contributed by atoms with Crippen LogP contribution in [0, 0.1) is 0 Å². The van der Waals surface area contributed by atoms with Gasteiger partial charge in [0.2, 0.25) is 5.91 Å². The van der Waals surface area contributed by atoms with Gasteiger partial charge in [0.15, 0.2) is 0 Å². The number of rotatable bonds is 3. The molecule has 0 saturated heterocycles. The van der Waals surface area contributed by atoms with Crippen LogP contribution in [0.5, 0.6) is 0 Å². The predicted molar refractivity (Wildman–Crippen MR) is 73.0 cm³/mol. The van der Waals surface area contributed by atoms with E-state index in [2.05, 4.69) is 20.6 Å². The van der Waals surface area contributed by atoms with Crippen molar-refractivity contribution in [2.24, 2.45) is 4.99 Å². The second-order valence-electron chi connectivity index (χ2n) is 4.08. The SMILES string of the molecule is CC(=O)Nc1cnccc1NC(=O)C1=CN=CCC1. The lowest BCUT2D eigenvalue weighted by Crippen LogP contribution is -2.17. The Kier molecular flexibility index (Phi) is 4.02. The van der Waals surface area contributed by atoms with Crippen LogP contribution in [0.25, 0.3) is 0 Å². The quantitative estimate of drug-likeness (QED) is 0.866. The fraction of sp³-hybridized carbons (Fsp3) is 0.231. The van der Waals surface area contributed by atoms with E-state index >= 15 is 0 Å². The number of hydrogen-bond acceptors (Lipinski definition) is 4. The maximum absolute atomic E-state index is 12.0. The number of aromatic nitrogens is 1. The third-order valence-corrected chi connectivity index (χ3v) is 2.55. The summed E-state index contributed by atoms with van der Waals surface area (Å²) in [6.07, 6.45) is 7.78. The maximum atomic E-state index is 12.0. The molecule has 98 valence electrons. The normalized spacial score (nSPS) is 13.6. The second kappa shape index (κ2) is 5.90. The highest BCUT2D eigenvalue weighted by atomic mass is 16.2. The van der Waals surface area contributed by atoms with Gasteiger partial charge in [-0.2, -0.15) is 0 Å². The topological polar surface area (TPSA) is 83.5 Å². The summed E-state index contributed by atoms with van der Waals surface area (Å²) in [7, 11) is 0. The summed E-state index contributed by atoms with van der Waals surface area (Å²) in [4.78, 5) is 31.0. The lowest BCUT2D eigenvalue weighted by atomic mass is 10.1. The predicted octanol–water partition coefficient (Wildman–Crippen LogP) is 1.73. The molecule has 2 heterocycles. The van der Waals surface area contributed by atoms with Crippen molar-refractivity contribution in [3.63, 3.8) is 0 Å². The summed E-state index contributed by atoms with van der Waals surface area (Å²) in [5.41, 5.74) is 1.61. The summed E-state index contributed by atoms with van der Waals surface area (Å²) in [5.74, 6) is -0.431. The Balaban J connectivity index is 2.14. The van der Waals surface area contributed by atoms with Gasteiger partial charge in [-0.1, -0.05) is 0 Å². The van der Waals surface area contributed by atoms with Crippen LogP contribution >= 0.6 is 0 Å². The lowest BCUT2D eigenvalue weighted by molar-refractivity contribution is -0.114. The number of nitrogens with one attached hydrogen (secondary N) is 2. The summed E-state index contributed by atoms with van der Waals surface area (Å²) in [5, 5.41) is 5.37. The Bertz CT molecular complexity index is 564. The molecule has 0 aromatic carbocycles. The van der Waals surface area contributed by atoms with Gasteiger partial charge in [0, 0.05) is 31.1 Å². The van der Waals surface area contributed by atoms with Crippen molar-refractivity contribution in [2.45, 2.75) is 19.8 Å².